The van der Waals surface area contributed by atoms with E-state index in [1.54, 1.807) is 11.3 Å². The minimum absolute atomic E-state index is 0.769. The molecule has 7 heteroatoms. The highest BCUT2D eigenvalue weighted by atomic mass is 32.1. The number of aryl methyl sites for hydroxylation is 1. The fourth-order valence-electron chi connectivity index (χ4n) is 3.71. The molecule has 0 bridgehead atoms. The molecule has 4 heterocycles. The van der Waals surface area contributed by atoms with E-state index in [0.29, 0.717) is 0 Å². The molecule has 0 saturated carbocycles. The SMILES string of the molecule is Cc1cn2nc(N3CCCC(CN4CCN(C)CC4)C3)sc2n1. The molecule has 1 unspecified atom stereocenters. The number of fused-ring (bicyclic) bond motifs is 1. The van der Waals surface area contributed by atoms with Crippen molar-refractivity contribution in [3.05, 3.63) is 11.9 Å². The molecule has 0 N–H and O–H groups in total. The van der Waals surface area contributed by atoms with E-state index in [0.717, 1.165) is 34.8 Å². The molecule has 2 aliphatic rings. The Balaban J connectivity index is 1.39. The summed E-state index contributed by atoms with van der Waals surface area (Å²) in [4.78, 5) is 13.1. The number of aromatic nitrogens is 3. The molecule has 1 atom stereocenters. The van der Waals surface area contributed by atoms with Gasteiger partial charge in [-0.1, -0.05) is 11.3 Å². The third-order valence-electron chi connectivity index (χ3n) is 5.05. The van der Waals surface area contributed by atoms with E-state index in [4.69, 9.17) is 5.10 Å². The van der Waals surface area contributed by atoms with Crippen LogP contribution in [-0.2, 0) is 0 Å². The fourth-order valence-corrected chi connectivity index (χ4v) is 4.67. The van der Waals surface area contributed by atoms with Crippen LogP contribution >= 0.6 is 11.3 Å². The van der Waals surface area contributed by atoms with Crippen LogP contribution in [0.1, 0.15) is 18.5 Å². The van der Waals surface area contributed by atoms with E-state index < -0.39 is 0 Å². The monoisotopic (exact) mass is 334 g/mol. The second kappa shape index (κ2) is 6.37. The van der Waals surface area contributed by atoms with Crippen LogP contribution in [-0.4, -0.2) is 77.3 Å². The number of piperazine rings is 1. The van der Waals surface area contributed by atoms with E-state index in [1.807, 2.05) is 17.6 Å². The van der Waals surface area contributed by atoms with Gasteiger partial charge in [0.05, 0.1) is 11.9 Å². The average molecular weight is 334 g/mol. The molecule has 23 heavy (non-hydrogen) atoms. The first-order valence-electron chi connectivity index (χ1n) is 8.66. The highest BCUT2D eigenvalue weighted by Crippen LogP contribution is 2.28. The third-order valence-corrected chi connectivity index (χ3v) is 6.04. The van der Waals surface area contributed by atoms with Crippen molar-refractivity contribution in [2.24, 2.45) is 5.92 Å². The van der Waals surface area contributed by atoms with Crippen molar-refractivity contribution in [2.45, 2.75) is 19.8 Å². The van der Waals surface area contributed by atoms with E-state index in [-0.39, 0.29) is 0 Å². The number of hydrogen-bond donors (Lipinski definition) is 0. The van der Waals surface area contributed by atoms with Crippen molar-refractivity contribution >= 4 is 21.4 Å². The van der Waals surface area contributed by atoms with Gasteiger partial charge < -0.3 is 14.7 Å². The van der Waals surface area contributed by atoms with Crippen LogP contribution in [0, 0.1) is 12.8 Å². The van der Waals surface area contributed by atoms with Crippen LogP contribution in [0.3, 0.4) is 0 Å². The minimum Gasteiger partial charge on any atom is -0.346 e. The molecule has 6 nitrogen and oxygen atoms in total. The molecule has 126 valence electrons. The predicted molar refractivity (Wildman–Crippen MR) is 94.5 cm³/mol. The summed E-state index contributed by atoms with van der Waals surface area (Å²) in [6, 6.07) is 0. The maximum atomic E-state index is 4.73. The number of piperidine rings is 1. The van der Waals surface area contributed by atoms with Gasteiger partial charge in [-0.05, 0) is 32.7 Å². The zero-order chi connectivity index (χ0) is 15.8. The summed E-state index contributed by atoms with van der Waals surface area (Å²) in [6.07, 6.45) is 4.64. The zero-order valence-corrected chi connectivity index (χ0v) is 14.9. The van der Waals surface area contributed by atoms with Crippen molar-refractivity contribution in [1.29, 1.82) is 0 Å². The van der Waals surface area contributed by atoms with Crippen LogP contribution < -0.4 is 4.90 Å². The van der Waals surface area contributed by atoms with Gasteiger partial charge in [0, 0.05) is 45.8 Å². The quantitative estimate of drug-likeness (QED) is 0.852. The Morgan fingerprint density at radius 1 is 1.22 bits per heavy atom. The second-order valence-corrected chi connectivity index (χ2v) is 7.99. The van der Waals surface area contributed by atoms with E-state index in [2.05, 4.69) is 26.7 Å². The highest BCUT2D eigenvalue weighted by Gasteiger charge is 2.25. The van der Waals surface area contributed by atoms with Crippen LogP contribution in [0.25, 0.3) is 4.96 Å². The van der Waals surface area contributed by atoms with Crippen LogP contribution in [0.2, 0.25) is 0 Å². The molecular formula is C16H26N6S. The molecule has 0 radical (unpaired) electrons. The van der Waals surface area contributed by atoms with Crippen LogP contribution in [0.15, 0.2) is 6.20 Å². The Morgan fingerprint density at radius 3 is 2.83 bits per heavy atom. The maximum Gasteiger partial charge on any atom is 0.214 e. The lowest BCUT2D eigenvalue weighted by atomic mass is 9.97. The fraction of sp³-hybridized carbons (Fsp3) is 0.750. The number of anilines is 1. The number of nitrogens with zero attached hydrogens (tertiary/aromatic N) is 6. The first-order chi connectivity index (χ1) is 11.2. The van der Waals surface area contributed by atoms with Gasteiger partial charge in [0.15, 0.2) is 0 Å². The lowest BCUT2D eigenvalue weighted by molar-refractivity contribution is 0.131. The first kappa shape index (κ1) is 15.4. The Morgan fingerprint density at radius 2 is 2.04 bits per heavy atom. The molecule has 2 fully saturated rings. The Hall–Kier alpha value is -1.18. The van der Waals surface area contributed by atoms with Gasteiger partial charge in [-0.15, -0.1) is 5.10 Å². The number of likely N-dealkylation sites (N-methyl/N-ethyl adjacent to an activating group) is 1. The average Bonchev–Trinajstić information content (AvgIpc) is 3.07. The van der Waals surface area contributed by atoms with Gasteiger partial charge in [0.25, 0.3) is 0 Å². The number of imidazole rings is 1. The Labute approximate surface area is 141 Å². The van der Waals surface area contributed by atoms with Gasteiger partial charge >= 0.3 is 0 Å². The van der Waals surface area contributed by atoms with Crippen molar-refractivity contribution < 1.29 is 0 Å². The minimum atomic E-state index is 0.769. The summed E-state index contributed by atoms with van der Waals surface area (Å²) in [5.41, 5.74) is 1.04. The van der Waals surface area contributed by atoms with Crippen molar-refractivity contribution in [2.75, 3.05) is 57.8 Å². The maximum absolute atomic E-state index is 4.73. The van der Waals surface area contributed by atoms with Crippen LogP contribution in [0.4, 0.5) is 5.13 Å². The molecule has 2 aromatic heterocycles. The highest BCUT2D eigenvalue weighted by molar-refractivity contribution is 7.20. The molecule has 2 saturated heterocycles. The molecule has 0 spiro atoms. The van der Waals surface area contributed by atoms with Crippen molar-refractivity contribution in [3.63, 3.8) is 0 Å². The molecular weight excluding hydrogens is 308 g/mol. The third kappa shape index (κ3) is 3.36. The summed E-state index contributed by atoms with van der Waals surface area (Å²) in [6.45, 7) is 10.4. The Kier molecular flexibility index (Phi) is 4.26. The van der Waals surface area contributed by atoms with Crippen molar-refractivity contribution in [3.8, 4) is 0 Å². The number of rotatable bonds is 3. The lowest BCUT2D eigenvalue weighted by Gasteiger charge is -2.38. The number of hydrogen-bond acceptors (Lipinski definition) is 6. The van der Waals surface area contributed by atoms with E-state index >= 15 is 0 Å². The van der Waals surface area contributed by atoms with Gasteiger partial charge in [0.2, 0.25) is 10.1 Å². The summed E-state index contributed by atoms with van der Waals surface area (Å²) in [5, 5.41) is 5.86. The van der Waals surface area contributed by atoms with Gasteiger partial charge in [-0.2, -0.15) is 0 Å². The lowest BCUT2D eigenvalue weighted by Crippen LogP contribution is -2.48. The smallest absolute Gasteiger partial charge is 0.214 e. The summed E-state index contributed by atoms with van der Waals surface area (Å²) < 4.78 is 1.93. The van der Waals surface area contributed by atoms with Crippen molar-refractivity contribution in [1.82, 2.24) is 24.4 Å². The summed E-state index contributed by atoms with van der Waals surface area (Å²) in [7, 11) is 2.22. The van der Waals surface area contributed by atoms with E-state index in [9.17, 15) is 0 Å². The van der Waals surface area contributed by atoms with Gasteiger partial charge in [-0.3, -0.25) is 0 Å². The normalized spacial score (nSPS) is 24.6. The second-order valence-electron chi connectivity index (χ2n) is 7.05. The van der Waals surface area contributed by atoms with Gasteiger partial charge in [0.1, 0.15) is 0 Å². The molecule has 4 rings (SSSR count). The molecule has 2 aromatic rings. The first-order valence-corrected chi connectivity index (χ1v) is 9.48. The molecule has 0 amide bonds. The molecule has 0 aromatic carbocycles. The largest absolute Gasteiger partial charge is 0.346 e. The zero-order valence-electron chi connectivity index (χ0n) is 14.1. The molecule has 2 aliphatic heterocycles. The summed E-state index contributed by atoms with van der Waals surface area (Å²) >= 11 is 1.72. The predicted octanol–water partition coefficient (Wildman–Crippen LogP) is 1.56. The Bertz CT molecular complexity index is 625. The topological polar surface area (TPSA) is 39.9 Å². The standard InChI is InChI=1S/C16H26N6S/c1-13-10-22-15(17-13)23-16(18-22)21-5-3-4-14(12-21)11-20-8-6-19(2)7-9-20/h10,14H,3-9,11-12H2,1-2H3. The molecule has 0 aliphatic carbocycles. The van der Waals surface area contributed by atoms with Crippen LogP contribution in [0.5, 0.6) is 0 Å². The van der Waals surface area contributed by atoms with Gasteiger partial charge in [-0.25, -0.2) is 9.50 Å². The summed E-state index contributed by atoms with van der Waals surface area (Å²) in [5.74, 6) is 0.769. The van der Waals surface area contributed by atoms with E-state index in [1.165, 1.54) is 45.6 Å².